The second-order valence-corrected chi connectivity index (χ2v) is 6.26. The van der Waals surface area contributed by atoms with Gasteiger partial charge in [0.05, 0.1) is 11.7 Å². The van der Waals surface area contributed by atoms with Crippen LogP contribution in [0, 0.1) is 11.8 Å². The summed E-state index contributed by atoms with van der Waals surface area (Å²) in [7, 11) is -3.31. The number of sulfonamides is 1. The van der Waals surface area contributed by atoms with Gasteiger partial charge in [0.15, 0.2) is 0 Å². The van der Waals surface area contributed by atoms with Crippen molar-refractivity contribution in [3.05, 3.63) is 0 Å². The molecule has 0 rings (SSSR count). The maximum absolute atomic E-state index is 11.3. The van der Waals surface area contributed by atoms with E-state index in [1.54, 1.807) is 6.92 Å². The Morgan fingerprint density at radius 1 is 1.38 bits per heavy atom. The zero-order valence-electron chi connectivity index (χ0n) is 10.1. The van der Waals surface area contributed by atoms with E-state index in [2.05, 4.69) is 4.72 Å². The average molecular weight is 251 g/mol. The molecule has 5 nitrogen and oxygen atoms in total. The van der Waals surface area contributed by atoms with Crippen LogP contribution in [0.25, 0.3) is 0 Å². The highest BCUT2D eigenvalue weighted by atomic mass is 32.2. The van der Waals surface area contributed by atoms with Crippen LogP contribution in [0.5, 0.6) is 0 Å². The van der Waals surface area contributed by atoms with E-state index in [9.17, 15) is 13.2 Å². The quantitative estimate of drug-likeness (QED) is 0.675. The molecule has 0 aromatic rings. The van der Waals surface area contributed by atoms with Gasteiger partial charge >= 0.3 is 5.97 Å². The largest absolute Gasteiger partial charge is 0.481 e. The van der Waals surface area contributed by atoms with Crippen molar-refractivity contribution >= 4 is 16.0 Å². The number of carboxylic acids is 1. The maximum atomic E-state index is 11.3. The van der Waals surface area contributed by atoms with Crippen LogP contribution in [0.3, 0.4) is 0 Å². The Labute approximate surface area is 97.3 Å². The predicted molar refractivity (Wildman–Crippen MR) is 62.7 cm³/mol. The molecule has 0 aliphatic heterocycles. The van der Waals surface area contributed by atoms with Gasteiger partial charge in [0, 0.05) is 6.54 Å². The molecule has 0 spiro atoms. The smallest absolute Gasteiger partial charge is 0.307 e. The van der Waals surface area contributed by atoms with E-state index in [1.165, 1.54) is 0 Å². The third-order valence-electron chi connectivity index (χ3n) is 2.13. The molecule has 0 saturated carbocycles. The summed E-state index contributed by atoms with van der Waals surface area (Å²) >= 11 is 0. The molecular formula is C10H21NO4S. The molecule has 0 radical (unpaired) electrons. The molecule has 0 fully saturated rings. The second-order valence-electron chi connectivity index (χ2n) is 4.33. The van der Waals surface area contributed by atoms with Gasteiger partial charge in [0.1, 0.15) is 0 Å². The molecule has 2 N–H and O–H groups in total. The third kappa shape index (κ3) is 6.79. The minimum Gasteiger partial charge on any atom is -0.481 e. The Kier molecular flexibility index (Phi) is 6.59. The van der Waals surface area contributed by atoms with Crippen LogP contribution in [0.1, 0.15) is 33.6 Å². The zero-order valence-corrected chi connectivity index (χ0v) is 10.9. The first-order chi connectivity index (χ1) is 7.28. The lowest BCUT2D eigenvalue weighted by molar-refractivity contribution is -0.142. The highest BCUT2D eigenvalue weighted by Crippen LogP contribution is 2.11. The summed E-state index contributed by atoms with van der Waals surface area (Å²) in [6, 6.07) is 0. The number of nitrogens with one attached hydrogen (secondary N) is 1. The fraction of sp³-hybridized carbons (Fsp3) is 0.900. The molecule has 0 heterocycles. The van der Waals surface area contributed by atoms with Gasteiger partial charge in [-0.05, 0) is 18.8 Å². The number of hydrogen-bond donors (Lipinski definition) is 2. The number of aliphatic carboxylic acids is 1. The van der Waals surface area contributed by atoms with Gasteiger partial charge < -0.3 is 5.11 Å². The molecule has 1 atom stereocenters. The highest BCUT2D eigenvalue weighted by Gasteiger charge is 2.21. The number of rotatable bonds is 8. The van der Waals surface area contributed by atoms with Crippen molar-refractivity contribution in [2.45, 2.75) is 33.6 Å². The van der Waals surface area contributed by atoms with Crippen molar-refractivity contribution in [2.24, 2.45) is 11.8 Å². The van der Waals surface area contributed by atoms with Crippen LogP contribution in [-0.2, 0) is 14.8 Å². The van der Waals surface area contributed by atoms with E-state index >= 15 is 0 Å². The lowest BCUT2D eigenvalue weighted by Crippen LogP contribution is -2.34. The van der Waals surface area contributed by atoms with E-state index in [-0.39, 0.29) is 18.2 Å². The van der Waals surface area contributed by atoms with E-state index in [1.807, 2.05) is 13.8 Å². The van der Waals surface area contributed by atoms with Gasteiger partial charge in [-0.25, -0.2) is 13.1 Å². The summed E-state index contributed by atoms with van der Waals surface area (Å²) in [6.07, 6.45) is 1.00. The van der Waals surface area contributed by atoms with Crippen LogP contribution >= 0.6 is 0 Å². The molecule has 0 aromatic carbocycles. The predicted octanol–water partition coefficient (Wildman–Crippen LogP) is 1.06. The first-order valence-electron chi connectivity index (χ1n) is 5.48. The van der Waals surface area contributed by atoms with Crippen LogP contribution in [0.15, 0.2) is 0 Å². The molecule has 0 aliphatic rings. The molecule has 16 heavy (non-hydrogen) atoms. The molecule has 0 saturated heterocycles. The summed E-state index contributed by atoms with van der Waals surface area (Å²) in [5.74, 6) is -1.32. The number of carbonyl (C=O) groups is 1. The van der Waals surface area contributed by atoms with Crippen molar-refractivity contribution in [3.63, 3.8) is 0 Å². The van der Waals surface area contributed by atoms with Crippen LogP contribution < -0.4 is 4.72 Å². The molecule has 0 aliphatic carbocycles. The van der Waals surface area contributed by atoms with E-state index in [0.29, 0.717) is 12.8 Å². The van der Waals surface area contributed by atoms with Gasteiger partial charge in [0.25, 0.3) is 0 Å². The second kappa shape index (κ2) is 6.85. The van der Waals surface area contributed by atoms with Crippen LogP contribution in [0.2, 0.25) is 0 Å². The zero-order chi connectivity index (χ0) is 12.8. The summed E-state index contributed by atoms with van der Waals surface area (Å²) in [6.45, 7) is 5.57. The Morgan fingerprint density at radius 2 is 1.94 bits per heavy atom. The molecule has 0 bridgehead atoms. The topological polar surface area (TPSA) is 83.5 Å². The SMILES string of the molecule is CCCS(=O)(=O)NCC(CC(C)C)C(=O)O. The fourth-order valence-electron chi connectivity index (χ4n) is 1.41. The molecule has 0 amide bonds. The Balaban J connectivity index is 4.27. The Hall–Kier alpha value is -0.620. The number of hydrogen-bond acceptors (Lipinski definition) is 3. The number of carboxylic acid groups (broad SMARTS) is 1. The van der Waals surface area contributed by atoms with E-state index in [4.69, 9.17) is 5.11 Å². The van der Waals surface area contributed by atoms with Gasteiger partial charge in [-0.2, -0.15) is 0 Å². The summed E-state index contributed by atoms with van der Waals surface area (Å²) < 4.78 is 25.0. The molecule has 6 heteroatoms. The lowest BCUT2D eigenvalue weighted by Gasteiger charge is -2.15. The third-order valence-corrected chi connectivity index (χ3v) is 3.68. The van der Waals surface area contributed by atoms with E-state index < -0.39 is 21.9 Å². The van der Waals surface area contributed by atoms with Crippen molar-refractivity contribution in [2.75, 3.05) is 12.3 Å². The van der Waals surface area contributed by atoms with Gasteiger partial charge in [0.2, 0.25) is 10.0 Å². The van der Waals surface area contributed by atoms with Gasteiger partial charge in [-0.1, -0.05) is 20.8 Å². The van der Waals surface area contributed by atoms with Crippen molar-refractivity contribution in [3.8, 4) is 0 Å². The average Bonchev–Trinajstić information content (AvgIpc) is 2.11. The molecule has 1 unspecified atom stereocenters. The monoisotopic (exact) mass is 251 g/mol. The normalized spacial score (nSPS) is 14.0. The summed E-state index contributed by atoms with van der Waals surface area (Å²) in [5.41, 5.74) is 0. The van der Waals surface area contributed by atoms with Gasteiger partial charge in [-0.15, -0.1) is 0 Å². The Bertz CT molecular complexity index is 311. The summed E-state index contributed by atoms with van der Waals surface area (Å²) in [5, 5.41) is 8.91. The molecule has 0 aromatic heterocycles. The van der Waals surface area contributed by atoms with Crippen molar-refractivity contribution in [1.82, 2.24) is 4.72 Å². The fourth-order valence-corrected chi connectivity index (χ4v) is 2.55. The standard InChI is InChI=1S/C10H21NO4S/c1-4-5-16(14,15)11-7-9(10(12)13)6-8(2)3/h8-9,11H,4-7H2,1-3H3,(H,12,13). The van der Waals surface area contributed by atoms with Crippen molar-refractivity contribution < 1.29 is 18.3 Å². The minimum absolute atomic E-state index is 0.0180. The van der Waals surface area contributed by atoms with Crippen LogP contribution in [-0.4, -0.2) is 31.8 Å². The Morgan fingerprint density at radius 3 is 2.31 bits per heavy atom. The highest BCUT2D eigenvalue weighted by molar-refractivity contribution is 7.89. The first-order valence-corrected chi connectivity index (χ1v) is 7.13. The summed E-state index contributed by atoms with van der Waals surface area (Å²) in [4.78, 5) is 10.9. The first kappa shape index (κ1) is 15.4. The maximum Gasteiger partial charge on any atom is 0.307 e. The van der Waals surface area contributed by atoms with Crippen molar-refractivity contribution in [1.29, 1.82) is 0 Å². The molecular weight excluding hydrogens is 230 g/mol. The molecule has 96 valence electrons. The lowest BCUT2D eigenvalue weighted by atomic mass is 9.98. The van der Waals surface area contributed by atoms with Gasteiger partial charge in [-0.3, -0.25) is 4.79 Å². The minimum atomic E-state index is -3.31. The van der Waals surface area contributed by atoms with E-state index in [0.717, 1.165) is 0 Å². The van der Waals surface area contributed by atoms with Crippen LogP contribution in [0.4, 0.5) is 0 Å².